The number of nitrogens with zero attached hydrogens (tertiary/aromatic N) is 2. The molecular formula is C29H36N4O6S2. The largest absolute Gasteiger partial charge is 0.392 e. The Kier molecular flexibility index (Phi) is 12.1. The van der Waals surface area contributed by atoms with Crippen molar-refractivity contribution in [2.24, 2.45) is 0 Å². The van der Waals surface area contributed by atoms with Crippen molar-refractivity contribution in [3.05, 3.63) is 70.2 Å². The van der Waals surface area contributed by atoms with Crippen LogP contribution in [0.4, 0.5) is 5.69 Å². The number of aliphatic hydroxyl groups excluding tert-OH is 1. The summed E-state index contributed by atoms with van der Waals surface area (Å²) in [6, 6.07) is 15.3. The molecule has 0 spiro atoms. The van der Waals surface area contributed by atoms with E-state index in [0.717, 1.165) is 38.9 Å². The lowest BCUT2D eigenvalue weighted by Crippen LogP contribution is -2.31. The fourth-order valence-electron chi connectivity index (χ4n) is 4.49. The second-order valence-electron chi connectivity index (χ2n) is 9.87. The average Bonchev–Trinajstić information content (AvgIpc) is 3.42. The van der Waals surface area contributed by atoms with Crippen LogP contribution in [0.1, 0.15) is 79.0 Å². The number of aliphatic hydroxyl groups is 1. The molecule has 1 aliphatic heterocycles. The van der Waals surface area contributed by atoms with Gasteiger partial charge in [0.25, 0.3) is 0 Å². The molecule has 2 heterocycles. The number of aromatic nitrogens is 2. The van der Waals surface area contributed by atoms with Crippen molar-refractivity contribution < 1.29 is 29.4 Å². The van der Waals surface area contributed by atoms with E-state index >= 15 is 0 Å². The number of amides is 2. The molecule has 220 valence electrons. The number of anilines is 1. The topological polar surface area (TPSA) is 143 Å². The minimum Gasteiger partial charge on any atom is -0.392 e. The van der Waals surface area contributed by atoms with Gasteiger partial charge in [-0.05, 0) is 43.0 Å². The highest BCUT2D eigenvalue weighted by atomic mass is 32.2. The van der Waals surface area contributed by atoms with Crippen LogP contribution < -0.4 is 10.8 Å². The fourth-order valence-corrected chi connectivity index (χ4v) is 6.35. The molecule has 4 N–H and O–H groups in total. The van der Waals surface area contributed by atoms with E-state index in [2.05, 4.69) is 15.5 Å². The van der Waals surface area contributed by atoms with Crippen LogP contribution >= 0.6 is 23.1 Å². The summed E-state index contributed by atoms with van der Waals surface area (Å²) < 4.78 is 13.7. The molecule has 1 saturated heterocycles. The number of hydroxylamine groups is 1. The van der Waals surface area contributed by atoms with Gasteiger partial charge < -0.3 is 19.9 Å². The van der Waals surface area contributed by atoms with E-state index in [1.807, 2.05) is 55.5 Å². The maximum absolute atomic E-state index is 12.5. The molecule has 3 atom stereocenters. The molecule has 12 heteroatoms. The monoisotopic (exact) mass is 600 g/mol. The van der Waals surface area contributed by atoms with Gasteiger partial charge >= 0.3 is 0 Å². The standard InChI is InChI=1S/C29H36N4O6S2/c1-19-31-32-29(41-19)40-18-24-16-25(21-13-11-20(17-34)12-14-21)39-28(38-24)22-7-6-8-23(15-22)30-26(35)9-4-2-3-5-10-27(36)33-37/h6-8,11-15,24-25,28,34,37H,2-5,9-10,16-18H2,1H3,(H,30,35)(H,33,36)/t24-,25+,28+/m1/s1. The Labute approximate surface area is 247 Å². The van der Waals surface area contributed by atoms with Crippen LogP contribution in [0.5, 0.6) is 0 Å². The van der Waals surface area contributed by atoms with Gasteiger partial charge in [-0.2, -0.15) is 0 Å². The minimum atomic E-state index is -0.624. The van der Waals surface area contributed by atoms with Crippen LogP contribution in [-0.2, 0) is 25.7 Å². The van der Waals surface area contributed by atoms with E-state index in [1.165, 1.54) is 0 Å². The lowest BCUT2D eigenvalue weighted by atomic mass is 10.0. The Morgan fingerprint density at radius 3 is 2.44 bits per heavy atom. The zero-order valence-corrected chi connectivity index (χ0v) is 24.6. The van der Waals surface area contributed by atoms with Crippen molar-refractivity contribution in [2.45, 2.75) is 81.3 Å². The summed E-state index contributed by atoms with van der Waals surface area (Å²) in [7, 11) is 0. The van der Waals surface area contributed by atoms with Crippen molar-refractivity contribution in [1.29, 1.82) is 0 Å². The number of benzene rings is 2. The highest BCUT2D eigenvalue weighted by Crippen LogP contribution is 2.40. The Hall–Kier alpha value is -2.87. The van der Waals surface area contributed by atoms with Gasteiger partial charge in [0.15, 0.2) is 10.6 Å². The summed E-state index contributed by atoms with van der Waals surface area (Å²) in [6.45, 7) is 1.92. The van der Waals surface area contributed by atoms with Gasteiger partial charge in [-0.1, -0.05) is 72.3 Å². The molecular weight excluding hydrogens is 564 g/mol. The molecule has 0 radical (unpaired) electrons. The zero-order chi connectivity index (χ0) is 29.0. The van der Waals surface area contributed by atoms with Crippen molar-refractivity contribution in [2.75, 3.05) is 11.1 Å². The molecule has 0 saturated carbocycles. The molecule has 0 bridgehead atoms. The molecule has 1 fully saturated rings. The smallest absolute Gasteiger partial charge is 0.243 e. The summed E-state index contributed by atoms with van der Waals surface area (Å²) in [5, 5.41) is 30.2. The molecule has 2 aromatic carbocycles. The summed E-state index contributed by atoms with van der Waals surface area (Å²) in [5.41, 5.74) is 4.96. The van der Waals surface area contributed by atoms with E-state index < -0.39 is 12.2 Å². The predicted octanol–water partition coefficient (Wildman–Crippen LogP) is 5.46. The SMILES string of the molecule is Cc1nnc(SC[C@H]2C[C@@H](c3ccc(CO)cc3)O[C@@H](c3cccc(NC(=O)CCCCCCC(=O)NO)c3)O2)s1. The van der Waals surface area contributed by atoms with Crippen molar-refractivity contribution in [3.8, 4) is 0 Å². The first kappa shape index (κ1) is 31.1. The number of hydrogen-bond acceptors (Lipinski definition) is 10. The number of ether oxygens (including phenoxy) is 2. The van der Waals surface area contributed by atoms with Crippen molar-refractivity contribution in [3.63, 3.8) is 0 Å². The molecule has 1 aliphatic rings. The summed E-state index contributed by atoms with van der Waals surface area (Å²) in [5.74, 6) is 0.224. The Bertz CT molecular complexity index is 1270. The van der Waals surface area contributed by atoms with Gasteiger partial charge in [0.1, 0.15) is 5.01 Å². The average molecular weight is 601 g/mol. The first-order chi connectivity index (χ1) is 19.9. The molecule has 1 aromatic heterocycles. The van der Waals surface area contributed by atoms with Crippen LogP contribution in [0.2, 0.25) is 0 Å². The van der Waals surface area contributed by atoms with Gasteiger partial charge in [-0.3, -0.25) is 14.8 Å². The van der Waals surface area contributed by atoms with Gasteiger partial charge in [-0.25, -0.2) is 5.48 Å². The Morgan fingerprint density at radius 1 is 1.00 bits per heavy atom. The Morgan fingerprint density at radius 2 is 1.76 bits per heavy atom. The van der Waals surface area contributed by atoms with E-state index in [4.69, 9.17) is 14.7 Å². The second-order valence-corrected chi connectivity index (χ2v) is 12.3. The van der Waals surface area contributed by atoms with Gasteiger partial charge in [0.2, 0.25) is 11.8 Å². The molecule has 2 amide bonds. The van der Waals surface area contributed by atoms with Gasteiger partial charge in [-0.15, -0.1) is 10.2 Å². The molecule has 0 aliphatic carbocycles. The van der Waals surface area contributed by atoms with E-state index in [1.54, 1.807) is 28.6 Å². The molecule has 41 heavy (non-hydrogen) atoms. The maximum Gasteiger partial charge on any atom is 0.243 e. The first-order valence-electron chi connectivity index (χ1n) is 13.7. The molecule has 10 nitrogen and oxygen atoms in total. The number of nitrogens with one attached hydrogen (secondary N) is 2. The Balaban J connectivity index is 1.37. The molecule has 3 aromatic rings. The van der Waals surface area contributed by atoms with Gasteiger partial charge in [0.05, 0.1) is 18.8 Å². The van der Waals surface area contributed by atoms with Crippen LogP contribution in [0, 0.1) is 6.92 Å². The number of hydrogen-bond donors (Lipinski definition) is 4. The van der Waals surface area contributed by atoms with Crippen LogP contribution in [-0.4, -0.2) is 44.2 Å². The van der Waals surface area contributed by atoms with E-state index in [-0.39, 0.29) is 31.1 Å². The summed E-state index contributed by atoms with van der Waals surface area (Å²) in [6.07, 6.45) is 3.41. The number of carbonyl (C=O) groups is 2. The van der Waals surface area contributed by atoms with E-state index in [9.17, 15) is 14.7 Å². The minimum absolute atomic E-state index is 0.0140. The summed E-state index contributed by atoms with van der Waals surface area (Å²) >= 11 is 3.18. The quantitative estimate of drug-likeness (QED) is 0.0821. The highest BCUT2D eigenvalue weighted by molar-refractivity contribution is 8.01. The number of carbonyl (C=O) groups excluding carboxylic acids is 2. The van der Waals surface area contributed by atoms with Crippen molar-refractivity contribution in [1.82, 2.24) is 15.7 Å². The number of aryl methyl sites for hydroxylation is 1. The number of rotatable bonds is 14. The first-order valence-corrected chi connectivity index (χ1v) is 15.5. The summed E-state index contributed by atoms with van der Waals surface area (Å²) in [4.78, 5) is 23.6. The van der Waals surface area contributed by atoms with Crippen LogP contribution in [0.3, 0.4) is 0 Å². The third-order valence-electron chi connectivity index (χ3n) is 6.64. The van der Waals surface area contributed by atoms with Crippen LogP contribution in [0.15, 0.2) is 52.9 Å². The molecule has 0 unspecified atom stereocenters. The lowest BCUT2D eigenvalue weighted by molar-refractivity contribution is -0.245. The zero-order valence-electron chi connectivity index (χ0n) is 23.0. The number of unbranched alkanes of at least 4 members (excludes halogenated alkanes) is 3. The second kappa shape index (κ2) is 15.9. The molecule has 4 rings (SSSR count). The van der Waals surface area contributed by atoms with Crippen LogP contribution in [0.25, 0.3) is 0 Å². The lowest BCUT2D eigenvalue weighted by Gasteiger charge is -2.36. The number of thioether (sulfide) groups is 1. The third kappa shape index (κ3) is 9.87. The predicted molar refractivity (Wildman–Crippen MR) is 156 cm³/mol. The highest BCUT2D eigenvalue weighted by Gasteiger charge is 2.32. The van der Waals surface area contributed by atoms with Crippen molar-refractivity contribution >= 4 is 40.6 Å². The third-order valence-corrected chi connectivity index (χ3v) is 8.74. The normalized spacial score (nSPS) is 18.7. The maximum atomic E-state index is 12.5. The fraction of sp³-hybridized carbons (Fsp3) is 0.448. The van der Waals surface area contributed by atoms with Gasteiger partial charge in [0, 0.05) is 36.3 Å². The van der Waals surface area contributed by atoms with E-state index in [0.29, 0.717) is 37.1 Å².